The molecule has 4 aromatic rings. The van der Waals surface area contributed by atoms with Crippen molar-refractivity contribution in [2.24, 2.45) is 0 Å². The Kier molecular flexibility index (Phi) is 8.06. The zero-order valence-corrected chi connectivity index (χ0v) is 21.9. The Morgan fingerprint density at radius 2 is 1.82 bits per heavy atom. The van der Waals surface area contributed by atoms with Crippen LogP contribution in [0.2, 0.25) is 0 Å². The van der Waals surface area contributed by atoms with Gasteiger partial charge in [-0.15, -0.1) is 0 Å². The van der Waals surface area contributed by atoms with E-state index in [1.54, 1.807) is 30.7 Å². The largest absolute Gasteiger partial charge is 0.416 e. The third-order valence-corrected chi connectivity index (χ3v) is 6.74. The van der Waals surface area contributed by atoms with Gasteiger partial charge in [0.2, 0.25) is 0 Å². The molecule has 5 rings (SSSR count). The van der Waals surface area contributed by atoms with E-state index in [9.17, 15) is 18.0 Å². The summed E-state index contributed by atoms with van der Waals surface area (Å²) >= 11 is 0. The molecular formula is C30H28F3N5O2. The summed E-state index contributed by atoms with van der Waals surface area (Å²) in [6.45, 7) is 5.06. The topological polar surface area (TPSA) is 80.2 Å². The minimum absolute atomic E-state index is 0.0387. The summed E-state index contributed by atoms with van der Waals surface area (Å²) in [6.07, 6.45) is 1.33. The number of aromatic nitrogens is 3. The van der Waals surface area contributed by atoms with E-state index >= 15 is 0 Å². The van der Waals surface area contributed by atoms with E-state index in [1.807, 2.05) is 31.2 Å². The summed E-state index contributed by atoms with van der Waals surface area (Å²) in [5.41, 5.74) is 2.93. The SMILES string of the molecule is C[C@H](Cc1cncc(-c2ccc(N3CCOCC3)nc2)n1)c1cccc(NC(=O)c2cccc(C(F)(F)F)c2)c1. The molecule has 2 aromatic heterocycles. The van der Waals surface area contributed by atoms with Crippen LogP contribution in [0.15, 0.2) is 79.3 Å². The monoisotopic (exact) mass is 547 g/mol. The minimum atomic E-state index is -4.52. The maximum absolute atomic E-state index is 13.0. The fraction of sp³-hybridized carbons (Fsp3) is 0.267. The first-order valence-corrected chi connectivity index (χ1v) is 12.9. The quantitative estimate of drug-likeness (QED) is 0.306. The highest BCUT2D eigenvalue weighted by Crippen LogP contribution is 2.30. The Morgan fingerprint density at radius 1 is 1.02 bits per heavy atom. The fourth-order valence-corrected chi connectivity index (χ4v) is 4.56. The van der Waals surface area contributed by atoms with Crippen LogP contribution >= 0.6 is 0 Å². The lowest BCUT2D eigenvalue weighted by molar-refractivity contribution is -0.137. The van der Waals surface area contributed by atoms with Crippen LogP contribution in [-0.2, 0) is 17.3 Å². The number of hydrogen-bond acceptors (Lipinski definition) is 6. The van der Waals surface area contributed by atoms with Crippen LogP contribution in [0.4, 0.5) is 24.7 Å². The molecule has 1 N–H and O–H groups in total. The van der Waals surface area contributed by atoms with Gasteiger partial charge in [-0.25, -0.2) is 9.97 Å². The number of pyridine rings is 1. The van der Waals surface area contributed by atoms with Crippen LogP contribution in [0.25, 0.3) is 11.3 Å². The highest BCUT2D eigenvalue weighted by molar-refractivity contribution is 6.04. The van der Waals surface area contributed by atoms with E-state index in [0.29, 0.717) is 25.3 Å². The molecule has 3 heterocycles. The van der Waals surface area contributed by atoms with E-state index in [2.05, 4.69) is 20.2 Å². The molecule has 10 heteroatoms. The Morgan fingerprint density at radius 3 is 2.58 bits per heavy atom. The zero-order valence-electron chi connectivity index (χ0n) is 21.9. The van der Waals surface area contributed by atoms with Crippen molar-refractivity contribution in [3.63, 3.8) is 0 Å². The first kappa shape index (κ1) is 27.3. The number of alkyl halides is 3. The van der Waals surface area contributed by atoms with Crippen LogP contribution in [-0.4, -0.2) is 47.2 Å². The highest BCUT2D eigenvalue weighted by atomic mass is 19.4. The second-order valence-electron chi connectivity index (χ2n) is 9.66. The number of benzene rings is 2. The molecule has 40 heavy (non-hydrogen) atoms. The summed E-state index contributed by atoms with van der Waals surface area (Å²) in [5.74, 6) is 0.337. The molecule has 206 valence electrons. The summed E-state index contributed by atoms with van der Waals surface area (Å²) < 4.78 is 44.5. The van der Waals surface area contributed by atoms with Crippen molar-refractivity contribution in [2.75, 3.05) is 36.5 Å². The molecule has 0 radical (unpaired) electrons. The zero-order chi connectivity index (χ0) is 28.1. The van der Waals surface area contributed by atoms with Crippen molar-refractivity contribution in [2.45, 2.75) is 25.4 Å². The maximum Gasteiger partial charge on any atom is 0.416 e. The van der Waals surface area contributed by atoms with E-state index < -0.39 is 17.6 Å². The summed E-state index contributed by atoms with van der Waals surface area (Å²) in [7, 11) is 0. The number of morpholine rings is 1. The molecule has 1 aliphatic rings. The molecule has 7 nitrogen and oxygen atoms in total. The van der Waals surface area contributed by atoms with Gasteiger partial charge in [-0.05, 0) is 60.4 Å². The van der Waals surface area contributed by atoms with Gasteiger partial charge >= 0.3 is 6.18 Å². The van der Waals surface area contributed by atoms with E-state index in [0.717, 1.165) is 53.6 Å². The number of ether oxygens (including phenoxy) is 1. The first-order valence-electron chi connectivity index (χ1n) is 12.9. The van der Waals surface area contributed by atoms with Crippen molar-refractivity contribution < 1.29 is 22.7 Å². The fourth-order valence-electron chi connectivity index (χ4n) is 4.56. The van der Waals surface area contributed by atoms with Gasteiger partial charge in [0, 0.05) is 42.3 Å². The smallest absolute Gasteiger partial charge is 0.378 e. The molecule has 0 bridgehead atoms. The molecule has 1 amide bonds. The number of carbonyl (C=O) groups is 1. The van der Waals surface area contributed by atoms with Crippen molar-refractivity contribution in [1.82, 2.24) is 15.0 Å². The Hall–Kier alpha value is -4.31. The Labute approximate surface area is 230 Å². The van der Waals surface area contributed by atoms with Gasteiger partial charge in [0.15, 0.2) is 0 Å². The average molecular weight is 548 g/mol. The second kappa shape index (κ2) is 11.8. The van der Waals surface area contributed by atoms with Crippen LogP contribution < -0.4 is 10.2 Å². The minimum Gasteiger partial charge on any atom is -0.378 e. The molecule has 0 spiro atoms. The standard InChI is InChI=1S/C30H28F3N5O2/c1-20(21-4-3-7-25(16-21)37-29(39)22-5-2-6-24(15-22)30(31,32)33)14-26-18-34-19-27(36-26)23-8-9-28(35-17-23)38-10-12-40-13-11-38/h2-9,15-20H,10-14H2,1H3,(H,37,39)/t20-/m1/s1. The Bertz CT molecular complexity index is 1470. The molecule has 0 unspecified atom stereocenters. The van der Waals surface area contributed by atoms with Crippen LogP contribution in [0.3, 0.4) is 0 Å². The van der Waals surface area contributed by atoms with Crippen LogP contribution in [0.1, 0.15) is 40.0 Å². The number of nitrogens with zero attached hydrogens (tertiary/aromatic N) is 4. The van der Waals surface area contributed by atoms with Gasteiger partial charge in [0.1, 0.15) is 5.82 Å². The number of halogens is 3. The molecular weight excluding hydrogens is 519 g/mol. The highest BCUT2D eigenvalue weighted by Gasteiger charge is 2.31. The van der Waals surface area contributed by atoms with Gasteiger partial charge in [-0.1, -0.05) is 25.1 Å². The summed E-state index contributed by atoms with van der Waals surface area (Å²) in [4.78, 5) is 28.6. The predicted octanol–water partition coefficient (Wildman–Crippen LogP) is 5.99. The molecule has 0 saturated carbocycles. The maximum atomic E-state index is 13.0. The Balaban J connectivity index is 1.25. The van der Waals surface area contributed by atoms with Gasteiger partial charge in [-0.2, -0.15) is 13.2 Å². The molecule has 1 atom stereocenters. The number of anilines is 2. The number of rotatable bonds is 7. The summed E-state index contributed by atoms with van der Waals surface area (Å²) in [5, 5.41) is 2.70. The molecule has 2 aromatic carbocycles. The van der Waals surface area contributed by atoms with Crippen LogP contribution in [0, 0.1) is 0 Å². The molecule has 1 aliphatic heterocycles. The van der Waals surface area contributed by atoms with Gasteiger partial charge in [0.25, 0.3) is 5.91 Å². The van der Waals surface area contributed by atoms with E-state index in [4.69, 9.17) is 9.72 Å². The molecule has 1 fully saturated rings. The number of nitrogens with one attached hydrogen (secondary N) is 1. The average Bonchev–Trinajstić information content (AvgIpc) is 2.97. The van der Waals surface area contributed by atoms with Crippen molar-refractivity contribution >= 4 is 17.4 Å². The lowest BCUT2D eigenvalue weighted by Gasteiger charge is -2.27. The first-order chi connectivity index (χ1) is 19.3. The van der Waals surface area contributed by atoms with Crippen molar-refractivity contribution in [3.8, 4) is 11.3 Å². The number of amides is 1. The number of hydrogen-bond donors (Lipinski definition) is 1. The van der Waals surface area contributed by atoms with Crippen molar-refractivity contribution in [1.29, 1.82) is 0 Å². The number of carbonyl (C=O) groups excluding carboxylic acids is 1. The van der Waals surface area contributed by atoms with Gasteiger partial charge in [-0.3, -0.25) is 9.78 Å². The normalized spacial score (nSPS) is 14.6. The lowest BCUT2D eigenvalue weighted by atomic mass is 9.96. The summed E-state index contributed by atoms with van der Waals surface area (Å²) in [6, 6.07) is 15.6. The van der Waals surface area contributed by atoms with Gasteiger partial charge in [0.05, 0.1) is 36.4 Å². The van der Waals surface area contributed by atoms with E-state index in [1.165, 1.54) is 12.1 Å². The lowest BCUT2D eigenvalue weighted by Crippen LogP contribution is -2.36. The molecule has 0 aliphatic carbocycles. The van der Waals surface area contributed by atoms with Gasteiger partial charge < -0.3 is 15.0 Å². The van der Waals surface area contributed by atoms with Crippen molar-refractivity contribution in [3.05, 3.63) is 102 Å². The third-order valence-electron chi connectivity index (χ3n) is 6.74. The van der Waals surface area contributed by atoms with E-state index in [-0.39, 0.29) is 11.5 Å². The predicted molar refractivity (Wildman–Crippen MR) is 146 cm³/mol. The third kappa shape index (κ3) is 6.63. The van der Waals surface area contributed by atoms with Crippen LogP contribution in [0.5, 0.6) is 0 Å². The molecule has 1 saturated heterocycles. The second-order valence-corrected chi connectivity index (χ2v) is 9.66.